The van der Waals surface area contributed by atoms with Crippen LogP contribution in [0.3, 0.4) is 0 Å². The molecule has 0 aliphatic rings. The van der Waals surface area contributed by atoms with Gasteiger partial charge in [0.1, 0.15) is 0 Å². The molecular formula is C22H24N2O2. The molecule has 134 valence electrons. The van der Waals surface area contributed by atoms with E-state index in [1.165, 1.54) is 23.4 Å². The highest BCUT2D eigenvalue weighted by Crippen LogP contribution is 2.23. The number of benzene rings is 2. The van der Waals surface area contributed by atoms with E-state index in [0.29, 0.717) is 17.7 Å². The van der Waals surface area contributed by atoms with Gasteiger partial charge in [-0.3, -0.25) is 9.59 Å². The summed E-state index contributed by atoms with van der Waals surface area (Å²) in [4.78, 5) is 23.6. The summed E-state index contributed by atoms with van der Waals surface area (Å²) >= 11 is 0. The van der Waals surface area contributed by atoms with Crippen molar-refractivity contribution >= 4 is 28.3 Å². The van der Waals surface area contributed by atoms with Crippen LogP contribution in [0.1, 0.15) is 42.6 Å². The number of hydrogen-bond acceptors (Lipinski definition) is 2. The van der Waals surface area contributed by atoms with Crippen molar-refractivity contribution in [1.29, 1.82) is 0 Å². The van der Waals surface area contributed by atoms with Crippen molar-refractivity contribution in [3.63, 3.8) is 0 Å². The van der Waals surface area contributed by atoms with Gasteiger partial charge in [0.05, 0.1) is 0 Å². The summed E-state index contributed by atoms with van der Waals surface area (Å²) in [5.74, 6) is -0.0293. The zero-order valence-electron chi connectivity index (χ0n) is 15.3. The summed E-state index contributed by atoms with van der Waals surface area (Å²) in [7, 11) is 0. The normalized spacial score (nSPS) is 10.8. The SMILES string of the molecule is CCn1cc(CCCC(=O)Nc2cccc(C(C)=O)c2)c2ccccc21. The zero-order chi connectivity index (χ0) is 18.5. The number of rotatable bonds is 7. The standard InChI is InChI=1S/C22H24N2O2/c1-3-24-15-18(20-11-4-5-12-21(20)24)9-7-13-22(26)23-19-10-6-8-17(14-19)16(2)25/h4-6,8,10-12,14-15H,3,7,9,13H2,1-2H3,(H,23,26). The molecule has 0 atom stereocenters. The minimum Gasteiger partial charge on any atom is -0.347 e. The Hall–Kier alpha value is -2.88. The summed E-state index contributed by atoms with van der Waals surface area (Å²) in [6.07, 6.45) is 4.30. The van der Waals surface area contributed by atoms with Crippen LogP contribution in [0.15, 0.2) is 54.7 Å². The Kier molecular flexibility index (Phi) is 5.52. The second kappa shape index (κ2) is 8.00. The number of Topliss-reactive ketones (excluding diaryl/α,β-unsaturated/α-hetero) is 1. The third kappa shape index (κ3) is 4.02. The molecule has 0 radical (unpaired) electrons. The molecule has 0 fully saturated rings. The van der Waals surface area contributed by atoms with Crippen molar-refractivity contribution in [2.24, 2.45) is 0 Å². The van der Waals surface area contributed by atoms with Gasteiger partial charge in [-0.2, -0.15) is 0 Å². The van der Waals surface area contributed by atoms with Crippen LogP contribution in [-0.2, 0) is 17.8 Å². The molecule has 1 amide bonds. The fraction of sp³-hybridized carbons (Fsp3) is 0.273. The van der Waals surface area contributed by atoms with Crippen molar-refractivity contribution in [3.8, 4) is 0 Å². The van der Waals surface area contributed by atoms with Crippen LogP contribution in [0.2, 0.25) is 0 Å². The number of aromatic nitrogens is 1. The summed E-state index contributed by atoms with van der Waals surface area (Å²) in [6.45, 7) is 4.60. The van der Waals surface area contributed by atoms with Crippen LogP contribution in [0, 0.1) is 0 Å². The molecule has 1 heterocycles. The number of fused-ring (bicyclic) bond motifs is 1. The third-order valence-corrected chi connectivity index (χ3v) is 4.61. The minimum absolute atomic E-state index is 0.00610. The van der Waals surface area contributed by atoms with Crippen molar-refractivity contribution < 1.29 is 9.59 Å². The van der Waals surface area contributed by atoms with Gasteiger partial charge >= 0.3 is 0 Å². The predicted molar refractivity (Wildman–Crippen MR) is 106 cm³/mol. The van der Waals surface area contributed by atoms with E-state index in [1.54, 1.807) is 24.3 Å². The molecule has 4 heteroatoms. The molecule has 26 heavy (non-hydrogen) atoms. The topological polar surface area (TPSA) is 51.1 Å². The number of hydrogen-bond donors (Lipinski definition) is 1. The maximum absolute atomic E-state index is 12.2. The third-order valence-electron chi connectivity index (χ3n) is 4.61. The first-order chi connectivity index (χ1) is 12.6. The fourth-order valence-corrected chi connectivity index (χ4v) is 3.26. The number of ketones is 1. The van der Waals surface area contributed by atoms with Crippen LogP contribution in [0.4, 0.5) is 5.69 Å². The Bertz CT molecular complexity index is 940. The zero-order valence-corrected chi connectivity index (χ0v) is 15.3. The van der Waals surface area contributed by atoms with E-state index in [0.717, 1.165) is 19.4 Å². The second-order valence-electron chi connectivity index (χ2n) is 6.50. The van der Waals surface area contributed by atoms with Crippen LogP contribution in [0.5, 0.6) is 0 Å². The van der Waals surface area contributed by atoms with Crippen LogP contribution >= 0.6 is 0 Å². The molecule has 0 aliphatic carbocycles. The Morgan fingerprint density at radius 1 is 1.08 bits per heavy atom. The quantitative estimate of drug-likeness (QED) is 0.622. The first kappa shape index (κ1) is 17.9. The Morgan fingerprint density at radius 3 is 2.65 bits per heavy atom. The van der Waals surface area contributed by atoms with Gasteiger partial charge in [0.25, 0.3) is 0 Å². The van der Waals surface area contributed by atoms with Gasteiger partial charge < -0.3 is 9.88 Å². The molecule has 4 nitrogen and oxygen atoms in total. The highest BCUT2D eigenvalue weighted by molar-refractivity contribution is 5.97. The number of nitrogens with one attached hydrogen (secondary N) is 1. The lowest BCUT2D eigenvalue weighted by atomic mass is 10.1. The monoisotopic (exact) mass is 348 g/mol. The van der Waals surface area contributed by atoms with E-state index in [-0.39, 0.29) is 11.7 Å². The van der Waals surface area contributed by atoms with Gasteiger partial charge in [-0.25, -0.2) is 0 Å². The molecule has 0 aliphatic heterocycles. The summed E-state index contributed by atoms with van der Waals surface area (Å²) in [5, 5.41) is 4.15. The fourth-order valence-electron chi connectivity index (χ4n) is 3.26. The molecule has 0 saturated heterocycles. The van der Waals surface area contributed by atoms with Gasteiger partial charge in [-0.15, -0.1) is 0 Å². The Labute approximate surface area is 153 Å². The van der Waals surface area contributed by atoms with Gasteiger partial charge in [0.2, 0.25) is 5.91 Å². The molecular weight excluding hydrogens is 324 g/mol. The number of nitrogens with zero attached hydrogens (tertiary/aromatic N) is 1. The molecule has 1 aromatic heterocycles. The molecule has 3 aromatic rings. The number of anilines is 1. The maximum Gasteiger partial charge on any atom is 0.224 e. The van der Waals surface area contributed by atoms with Crippen molar-refractivity contribution in [2.75, 3.05) is 5.32 Å². The van der Waals surface area contributed by atoms with E-state index in [2.05, 4.69) is 47.3 Å². The maximum atomic E-state index is 12.2. The number of para-hydroxylation sites is 1. The number of carbonyl (C=O) groups excluding carboxylic acids is 2. The van der Waals surface area contributed by atoms with Crippen molar-refractivity contribution in [2.45, 2.75) is 39.7 Å². The Balaban J connectivity index is 1.59. The van der Waals surface area contributed by atoms with Gasteiger partial charge in [-0.1, -0.05) is 30.3 Å². The van der Waals surface area contributed by atoms with Crippen LogP contribution in [0.25, 0.3) is 10.9 Å². The van der Waals surface area contributed by atoms with E-state index < -0.39 is 0 Å². The number of aryl methyl sites for hydroxylation is 2. The first-order valence-corrected chi connectivity index (χ1v) is 9.06. The van der Waals surface area contributed by atoms with Gasteiger partial charge in [0, 0.05) is 41.3 Å². The smallest absolute Gasteiger partial charge is 0.224 e. The Morgan fingerprint density at radius 2 is 1.88 bits per heavy atom. The number of amides is 1. The van der Waals surface area contributed by atoms with Crippen molar-refractivity contribution in [1.82, 2.24) is 4.57 Å². The van der Waals surface area contributed by atoms with Gasteiger partial charge in [0.15, 0.2) is 5.78 Å². The molecule has 0 bridgehead atoms. The summed E-state index contributed by atoms with van der Waals surface area (Å²) in [5.41, 5.74) is 3.81. The highest BCUT2D eigenvalue weighted by atomic mass is 16.1. The first-order valence-electron chi connectivity index (χ1n) is 9.06. The summed E-state index contributed by atoms with van der Waals surface area (Å²) < 4.78 is 2.25. The minimum atomic E-state index is -0.0232. The molecule has 0 unspecified atom stereocenters. The van der Waals surface area contributed by atoms with E-state index in [9.17, 15) is 9.59 Å². The lowest BCUT2D eigenvalue weighted by Gasteiger charge is -2.06. The van der Waals surface area contributed by atoms with Gasteiger partial charge in [-0.05, 0) is 50.5 Å². The van der Waals surface area contributed by atoms with Crippen molar-refractivity contribution in [3.05, 3.63) is 65.9 Å². The average molecular weight is 348 g/mol. The molecule has 3 rings (SSSR count). The summed E-state index contributed by atoms with van der Waals surface area (Å²) in [6, 6.07) is 15.4. The molecule has 0 spiro atoms. The lowest BCUT2D eigenvalue weighted by Crippen LogP contribution is -2.11. The van der Waals surface area contributed by atoms with E-state index in [4.69, 9.17) is 0 Å². The predicted octanol–water partition coefficient (Wildman–Crippen LogP) is 4.83. The van der Waals surface area contributed by atoms with Crippen LogP contribution in [-0.4, -0.2) is 16.3 Å². The number of carbonyl (C=O) groups is 2. The molecule has 0 saturated carbocycles. The molecule has 1 N–H and O–H groups in total. The van der Waals surface area contributed by atoms with E-state index >= 15 is 0 Å². The highest BCUT2D eigenvalue weighted by Gasteiger charge is 2.09. The molecule has 2 aromatic carbocycles. The van der Waals surface area contributed by atoms with E-state index in [1.807, 2.05) is 0 Å². The average Bonchev–Trinajstić information content (AvgIpc) is 3.00. The largest absolute Gasteiger partial charge is 0.347 e. The lowest BCUT2D eigenvalue weighted by molar-refractivity contribution is -0.116. The van der Waals surface area contributed by atoms with Crippen LogP contribution < -0.4 is 5.32 Å². The second-order valence-corrected chi connectivity index (χ2v) is 6.50.